The fourth-order valence-electron chi connectivity index (χ4n) is 6.68. The maximum atomic E-state index is 2.34. The topological polar surface area (TPSA) is 0 Å². The van der Waals surface area contributed by atoms with Crippen LogP contribution in [0.25, 0.3) is 33.4 Å². The molecule has 0 heterocycles. The lowest BCUT2D eigenvalue weighted by Crippen LogP contribution is -2.74. The molecule has 7 rings (SSSR count). The molecular formula is C42H32B-. The molecule has 0 aliphatic carbocycles. The Labute approximate surface area is 254 Å². The molecule has 1 heteroatoms. The highest BCUT2D eigenvalue weighted by Crippen LogP contribution is 2.23. The van der Waals surface area contributed by atoms with Gasteiger partial charge in [-0.2, -0.15) is 21.9 Å². The number of rotatable bonds is 7. The number of benzene rings is 7. The standard InChI is InChI=1S/C42H32B/c1-5-13-33(14-6-1)36-21-27-40(28-22-36)43(39-19-11-4-12-20-39,41-29-23-37(24-30-41)34-15-7-2-8-16-34)42-31-25-38(26-32-42)35-17-9-3-10-18-35/h1-32H/q-1. The highest BCUT2D eigenvalue weighted by molar-refractivity contribution is 7.19. The minimum Gasteiger partial charge on any atom is -0.195 e. The molecule has 7 aromatic carbocycles. The highest BCUT2D eigenvalue weighted by atomic mass is 14.1. The molecule has 0 radical (unpaired) electrons. The summed E-state index contributed by atoms with van der Waals surface area (Å²) in [5, 5.41) is 0. The summed E-state index contributed by atoms with van der Waals surface area (Å²) in [6.45, 7) is 0. The quantitative estimate of drug-likeness (QED) is 0.177. The summed E-state index contributed by atoms with van der Waals surface area (Å²) in [6.07, 6.45) is -1.48. The van der Waals surface area contributed by atoms with Gasteiger partial charge in [0.15, 0.2) is 0 Å². The van der Waals surface area contributed by atoms with Gasteiger partial charge in [-0.05, 0) is 33.4 Å². The first-order valence-corrected chi connectivity index (χ1v) is 15.0. The molecule has 0 aliphatic heterocycles. The molecule has 0 saturated heterocycles. The number of hydrogen-bond acceptors (Lipinski definition) is 0. The Morgan fingerprint density at radius 3 is 0.674 bits per heavy atom. The molecule has 0 aromatic heterocycles. The SMILES string of the molecule is c1ccc(-c2ccc([B-](c3ccccc3)(c3ccc(-c4ccccc4)cc3)c3ccc(-c4ccccc4)cc3)cc2)cc1. The summed E-state index contributed by atoms with van der Waals surface area (Å²) in [5.74, 6) is 0. The van der Waals surface area contributed by atoms with Crippen molar-refractivity contribution in [2.45, 2.75) is 0 Å². The molecule has 7 aromatic rings. The fourth-order valence-corrected chi connectivity index (χ4v) is 6.68. The lowest BCUT2D eigenvalue weighted by atomic mass is 9.13. The second kappa shape index (κ2) is 11.8. The lowest BCUT2D eigenvalue weighted by Gasteiger charge is -2.44. The predicted octanol–water partition coefficient (Wildman–Crippen LogP) is 8.07. The van der Waals surface area contributed by atoms with Crippen molar-refractivity contribution in [1.29, 1.82) is 0 Å². The smallest absolute Gasteiger partial charge is 0.108 e. The van der Waals surface area contributed by atoms with Crippen molar-refractivity contribution in [1.82, 2.24) is 0 Å². The van der Waals surface area contributed by atoms with E-state index >= 15 is 0 Å². The van der Waals surface area contributed by atoms with Crippen LogP contribution in [0.2, 0.25) is 0 Å². The van der Waals surface area contributed by atoms with Crippen LogP contribution in [0.4, 0.5) is 0 Å². The first kappa shape index (κ1) is 26.5. The van der Waals surface area contributed by atoms with Crippen LogP contribution in [0.1, 0.15) is 0 Å². The van der Waals surface area contributed by atoms with Crippen molar-refractivity contribution in [2.24, 2.45) is 0 Å². The molecule has 0 atom stereocenters. The van der Waals surface area contributed by atoms with Gasteiger partial charge in [-0.15, -0.1) is 0 Å². The summed E-state index contributed by atoms with van der Waals surface area (Å²) in [4.78, 5) is 0. The predicted molar refractivity (Wildman–Crippen MR) is 186 cm³/mol. The molecule has 0 spiro atoms. The zero-order chi connectivity index (χ0) is 28.9. The Morgan fingerprint density at radius 2 is 0.395 bits per heavy atom. The van der Waals surface area contributed by atoms with Crippen LogP contribution in [0.3, 0.4) is 0 Å². The highest BCUT2D eigenvalue weighted by Gasteiger charge is 2.31. The van der Waals surface area contributed by atoms with Gasteiger partial charge in [0.2, 0.25) is 0 Å². The van der Waals surface area contributed by atoms with E-state index in [2.05, 4.69) is 194 Å². The molecule has 0 aliphatic rings. The molecule has 0 amide bonds. The lowest BCUT2D eigenvalue weighted by molar-refractivity contribution is 1.60. The molecule has 0 N–H and O–H groups in total. The van der Waals surface area contributed by atoms with Gasteiger partial charge in [0, 0.05) is 0 Å². The monoisotopic (exact) mass is 547 g/mol. The van der Waals surface area contributed by atoms with E-state index in [9.17, 15) is 0 Å². The molecular weight excluding hydrogens is 515 g/mol. The van der Waals surface area contributed by atoms with E-state index in [0.29, 0.717) is 0 Å². The van der Waals surface area contributed by atoms with E-state index in [1.807, 2.05) is 0 Å². The Hall–Kier alpha value is -5.40. The van der Waals surface area contributed by atoms with Gasteiger partial charge in [-0.1, -0.05) is 194 Å². The minimum atomic E-state index is -1.48. The van der Waals surface area contributed by atoms with Crippen LogP contribution in [0.5, 0.6) is 0 Å². The van der Waals surface area contributed by atoms with E-state index in [-0.39, 0.29) is 0 Å². The van der Waals surface area contributed by atoms with Gasteiger partial charge in [-0.25, -0.2) is 0 Å². The fraction of sp³-hybridized carbons (Fsp3) is 0. The van der Waals surface area contributed by atoms with E-state index in [1.54, 1.807) is 0 Å². The van der Waals surface area contributed by atoms with Crippen LogP contribution in [0, 0.1) is 0 Å². The summed E-state index contributed by atoms with van der Waals surface area (Å²) in [5.41, 5.74) is 12.5. The van der Waals surface area contributed by atoms with Crippen LogP contribution in [-0.4, -0.2) is 6.15 Å². The zero-order valence-corrected chi connectivity index (χ0v) is 24.1. The maximum Gasteiger partial charge on any atom is 0.108 e. The largest absolute Gasteiger partial charge is 0.195 e. The van der Waals surface area contributed by atoms with Crippen molar-refractivity contribution in [3.63, 3.8) is 0 Å². The molecule has 43 heavy (non-hydrogen) atoms. The van der Waals surface area contributed by atoms with Gasteiger partial charge >= 0.3 is 0 Å². The van der Waals surface area contributed by atoms with Crippen LogP contribution >= 0.6 is 0 Å². The minimum absolute atomic E-state index is 1.22. The third-order valence-electron chi connectivity index (χ3n) is 8.85. The molecule has 0 bridgehead atoms. The average molecular weight is 548 g/mol. The van der Waals surface area contributed by atoms with E-state index in [4.69, 9.17) is 0 Å². The van der Waals surface area contributed by atoms with Crippen LogP contribution < -0.4 is 21.9 Å². The van der Waals surface area contributed by atoms with E-state index < -0.39 is 6.15 Å². The van der Waals surface area contributed by atoms with Crippen molar-refractivity contribution < 1.29 is 0 Å². The Bertz CT molecular complexity index is 1690. The summed E-state index contributed by atoms with van der Waals surface area (Å²) < 4.78 is 0. The van der Waals surface area contributed by atoms with Crippen molar-refractivity contribution in [2.75, 3.05) is 0 Å². The molecule has 0 fully saturated rings. The summed E-state index contributed by atoms with van der Waals surface area (Å²) in [7, 11) is 0. The van der Waals surface area contributed by atoms with Crippen molar-refractivity contribution in [3.05, 3.63) is 194 Å². The normalized spacial score (nSPS) is 11.3. The summed E-state index contributed by atoms with van der Waals surface area (Å²) in [6, 6.07) is 70.6. The number of hydrogen-bond donors (Lipinski definition) is 0. The van der Waals surface area contributed by atoms with Crippen molar-refractivity contribution >= 4 is 28.0 Å². The van der Waals surface area contributed by atoms with Crippen LogP contribution in [-0.2, 0) is 0 Å². The van der Waals surface area contributed by atoms with Gasteiger partial charge in [0.05, 0.1) is 0 Å². The second-order valence-corrected chi connectivity index (χ2v) is 11.2. The molecule has 0 nitrogen and oxygen atoms in total. The first-order valence-electron chi connectivity index (χ1n) is 15.0. The Balaban J connectivity index is 1.44. The molecule has 0 unspecified atom stereocenters. The van der Waals surface area contributed by atoms with Crippen molar-refractivity contribution in [3.8, 4) is 33.4 Å². The zero-order valence-electron chi connectivity index (χ0n) is 24.1. The van der Waals surface area contributed by atoms with Gasteiger partial charge < -0.3 is 0 Å². The first-order chi connectivity index (χ1) is 21.3. The van der Waals surface area contributed by atoms with Gasteiger partial charge in [0.1, 0.15) is 6.15 Å². The molecule has 0 saturated carbocycles. The van der Waals surface area contributed by atoms with Crippen LogP contribution in [0.15, 0.2) is 194 Å². The average Bonchev–Trinajstić information content (AvgIpc) is 3.11. The second-order valence-electron chi connectivity index (χ2n) is 11.2. The van der Waals surface area contributed by atoms with Gasteiger partial charge in [-0.3, -0.25) is 0 Å². The Kier molecular flexibility index (Phi) is 7.30. The summed E-state index contributed by atoms with van der Waals surface area (Å²) >= 11 is 0. The maximum absolute atomic E-state index is 2.34. The van der Waals surface area contributed by atoms with E-state index in [0.717, 1.165) is 0 Å². The molecule has 204 valence electrons. The van der Waals surface area contributed by atoms with E-state index in [1.165, 1.54) is 55.2 Å². The van der Waals surface area contributed by atoms with Gasteiger partial charge in [0.25, 0.3) is 0 Å². The Morgan fingerprint density at radius 1 is 0.186 bits per heavy atom. The third-order valence-corrected chi connectivity index (χ3v) is 8.85. The third kappa shape index (κ3) is 5.11.